The third kappa shape index (κ3) is 1.33. The van der Waals surface area contributed by atoms with Crippen molar-refractivity contribution in [3.63, 3.8) is 0 Å². The molecule has 1 aromatic heterocycles. The summed E-state index contributed by atoms with van der Waals surface area (Å²) in [5.41, 5.74) is 7.03. The van der Waals surface area contributed by atoms with Crippen molar-refractivity contribution in [1.29, 1.82) is 0 Å². The average molecular weight is 305 g/mol. The fourth-order valence-corrected chi connectivity index (χ4v) is 2.76. The normalized spacial score (nSPS) is 25.7. The van der Waals surface area contributed by atoms with Crippen molar-refractivity contribution in [3.05, 3.63) is 9.26 Å². The molecule has 4 nitrogen and oxygen atoms in total. The fraction of sp³-hybridized carbons (Fsp3) is 0.667. The third-order valence-corrected chi connectivity index (χ3v) is 3.70. The Morgan fingerprint density at radius 2 is 2.29 bits per heavy atom. The number of nitrogens with two attached hydrogens (primary N) is 1. The number of nitrogens with zero attached hydrogens (tertiary/aromatic N) is 2. The SMILES string of the molecule is NC1COc2c(I)c(C3CC3)nn2C1. The summed E-state index contributed by atoms with van der Waals surface area (Å²) in [7, 11) is 0. The molecule has 1 fully saturated rings. The molecule has 0 radical (unpaired) electrons. The first-order valence-electron chi connectivity index (χ1n) is 4.90. The van der Waals surface area contributed by atoms with Gasteiger partial charge >= 0.3 is 0 Å². The maximum atomic E-state index is 5.81. The Labute approximate surface area is 95.9 Å². The van der Waals surface area contributed by atoms with Crippen LogP contribution in [0.1, 0.15) is 24.5 Å². The monoisotopic (exact) mass is 305 g/mol. The van der Waals surface area contributed by atoms with Gasteiger partial charge in [-0.15, -0.1) is 0 Å². The predicted molar refractivity (Wildman–Crippen MR) is 60.4 cm³/mol. The Morgan fingerprint density at radius 3 is 3.00 bits per heavy atom. The van der Waals surface area contributed by atoms with E-state index < -0.39 is 0 Å². The minimum Gasteiger partial charge on any atom is -0.475 e. The van der Waals surface area contributed by atoms with Crippen molar-refractivity contribution in [2.75, 3.05) is 6.61 Å². The molecular formula is C9H12IN3O. The second kappa shape index (κ2) is 3.10. The number of fused-ring (bicyclic) bond motifs is 1. The van der Waals surface area contributed by atoms with Gasteiger partial charge in [-0.1, -0.05) is 0 Å². The van der Waals surface area contributed by atoms with Crippen molar-refractivity contribution in [2.45, 2.75) is 31.3 Å². The van der Waals surface area contributed by atoms with E-state index in [0.29, 0.717) is 12.5 Å². The van der Waals surface area contributed by atoms with Crippen LogP contribution in [0.3, 0.4) is 0 Å². The number of halogens is 1. The van der Waals surface area contributed by atoms with Gasteiger partial charge in [0, 0.05) is 5.92 Å². The molecule has 3 rings (SSSR count). The minimum atomic E-state index is 0.0882. The quantitative estimate of drug-likeness (QED) is 0.790. The van der Waals surface area contributed by atoms with Crippen molar-refractivity contribution < 1.29 is 4.74 Å². The van der Waals surface area contributed by atoms with E-state index in [1.807, 2.05) is 4.68 Å². The van der Waals surface area contributed by atoms with Crippen LogP contribution in [0.5, 0.6) is 5.88 Å². The summed E-state index contributed by atoms with van der Waals surface area (Å²) in [6.07, 6.45) is 2.55. The van der Waals surface area contributed by atoms with E-state index in [1.54, 1.807) is 0 Å². The summed E-state index contributed by atoms with van der Waals surface area (Å²) in [6.45, 7) is 1.41. The molecule has 1 saturated carbocycles. The summed E-state index contributed by atoms with van der Waals surface area (Å²) in [6, 6.07) is 0.0882. The number of hydrogen-bond donors (Lipinski definition) is 1. The van der Waals surface area contributed by atoms with Crippen molar-refractivity contribution in [1.82, 2.24) is 9.78 Å². The number of hydrogen-bond acceptors (Lipinski definition) is 3. The molecule has 1 atom stereocenters. The standard InChI is InChI=1S/C9H12IN3O/c10-7-8(5-1-2-5)12-13-3-6(11)4-14-9(7)13/h5-6H,1-4,11H2. The van der Waals surface area contributed by atoms with E-state index in [-0.39, 0.29) is 6.04 Å². The highest BCUT2D eigenvalue weighted by Crippen LogP contribution is 2.43. The zero-order chi connectivity index (χ0) is 9.71. The van der Waals surface area contributed by atoms with Gasteiger partial charge in [0.2, 0.25) is 5.88 Å². The van der Waals surface area contributed by atoms with Gasteiger partial charge in [0.25, 0.3) is 0 Å². The lowest BCUT2D eigenvalue weighted by atomic mass is 10.3. The zero-order valence-electron chi connectivity index (χ0n) is 7.74. The van der Waals surface area contributed by atoms with Gasteiger partial charge in [-0.3, -0.25) is 0 Å². The van der Waals surface area contributed by atoms with E-state index in [9.17, 15) is 0 Å². The maximum absolute atomic E-state index is 5.81. The highest BCUT2D eigenvalue weighted by Gasteiger charge is 2.33. The van der Waals surface area contributed by atoms with Crippen LogP contribution in [0.25, 0.3) is 0 Å². The molecule has 2 heterocycles. The third-order valence-electron chi connectivity index (χ3n) is 2.68. The van der Waals surface area contributed by atoms with E-state index in [2.05, 4.69) is 27.7 Å². The van der Waals surface area contributed by atoms with Crippen LogP contribution < -0.4 is 10.5 Å². The largest absolute Gasteiger partial charge is 0.475 e. The van der Waals surface area contributed by atoms with E-state index in [1.165, 1.54) is 22.1 Å². The molecule has 14 heavy (non-hydrogen) atoms. The van der Waals surface area contributed by atoms with Gasteiger partial charge in [-0.05, 0) is 35.4 Å². The van der Waals surface area contributed by atoms with Crippen LogP contribution in [0.2, 0.25) is 0 Å². The van der Waals surface area contributed by atoms with Gasteiger partial charge < -0.3 is 10.5 Å². The topological polar surface area (TPSA) is 53.1 Å². The maximum Gasteiger partial charge on any atom is 0.226 e. The molecule has 1 aliphatic carbocycles. The Kier molecular flexibility index (Phi) is 1.98. The summed E-state index contributed by atoms with van der Waals surface area (Å²) in [5.74, 6) is 1.61. The molecule has 0 bridgehead atoms. The summed E-state index contributed by atoms with van der Waals surface area (Å²) in [5, 5.41) is 4.57. The van der Waals surface area contributed by atoms with Crippen LogP contribution in [0.15, 0.2) is 0 Å². The van der Waals surface area contributed by atoms with Crippen LogP contribution >= 0.6 is 22.6 Å². The van der Waals surface area contributed by atoms with E-state index in [4.69, 9.17) is 10.5 Å². The zero-order valence-corrected chi connectivity index (χ0v) is 9.90. The molecule has 5 heteroatoms. The van der Waals surface area contributed by atoms with Crippen LogP contribution in [-0.2, 0) is 6.54 Å². The van der Waals surface area contributed by atoms with Gasteiger partial charge in [-0.25, -0.2) is 4.68 Å². The van der Waals surface area contributed by atoms with Gasteiger partial charge in [0.1, 0.15) is 6.61 Å². The highest BCUT2D eigenvalue weighted by atomic mass is 127. The van der Waals surface area contributed by atoms with Crippen LogP contribution in [0.4, 0.5) is 0 Å². The highest BCUT2D eigenvalue weighted by molar-refractivity contribution is 14.1. The van der Waals surface area contributed by atoms with Crippen molar-refractivity contribution in [2.24, 2.45) is 5.73 Å². The van der Waals surface area contributed by atoms with E-state index >= 15 is 0 Å². The number of aromatic nitrogens is 2. The molecule has 0 amide bonds. The second-order valence-electron chi connectivity index (χ2n) is 4.03. The fourth-order valence-electron chi connectivity index (χ4n) is 1.78. The molecule has 2 aliphatic rings. The Hall–Kier alpha value is -0.300. The van der Waals surface area contributed by atoms with Crippen molar-refractivity contribution >= 4 is 22.6 Å². The first-order chi connectivity index (χ1) is 6.75. The first-order valence-corrected chi connectivity index (χ1v) is 5.98. The first kappa shape index (κ1) is 8.96. The Morgan fingerprint density at radius 1 is 1.50 bits per heavy atom. The van der Waals surface area contributed by atoms with Gasteiger partial charge in [-0.2, -0.15) is 5.10 Å². The molecule has 2 N–H and O–H groups in total. The Balaban J connectivity index is 2.01. The molecule has 1 unspecified atom stereocenters. The van der Waals surface area contributed by atoms with Crippen LogP contribution in [0, 0.1) is 3.57 Å². The van der Waals surface area contributed by atoms with Gasteiger partial charge in [0.05, 0.1) is 21.9 Å². The summed E-state index contributed by atoms with van der Waals surface area (Å²) >= 11 is 2.33. The lowest BCUT2D eigenvalue weighted by Crippen LogP contribution is -2.37. The molecule has 0 spiro atoms. The summed E-state index contributed by atoms with van der Waals surface area (Å²) < 4.78 is 8.70. The second-order valence-corrected chi connectivity index (χ2v) is 5.11. The van der Waals surface area contributed by atoms with E-state index in [0.717, 1.165) is 12.4 Å². The Bertz CT molecular complexity index is 372. The number of rotatable bonds is 1. The smallest absolute Gasteiger partial charge is 0.226 e. The minimum absolute atomic E-state index is 0.0882. The average Bonchev–Trinajstić information content (AvgIpc) is 2.93. The molecule has 0 saturated heterocycles. The van der Waals surface area contributed by atoms with Crippen molar-refractivity contribution in [3.8, 4) is 5.88 Å². The molecule has 1 aliphatic heterocycles. The lowest BCUT2D eigenvalue weighted by Gasteiger charge is -2.20. The summed E-state index contributed by atoms with van der Waals surface area (Å²) in [4.78, 5) is 0. The van der Waals surface area contributed by atoms with Crippen LogP contribution in [-0.4, -0.2) is 22.4 Å². The van der Waals surface area contributed by atoms with Gasteiger partial charge in [0.15, 0.2) is 0 Å². The lowest BCUT2D eigenvalue weighted by molar-refractivity contribution is 0.204. The predicted octanol–water partition coefficient (Wildman–Crippen LogP) is 1.08. The molecule has 76 valence electrons. The molecular weight excluding hydrogens is 293 g/mol. The molecule has 1 aromatic rings. The molecule has 0 aromatic carbocycles. The number of ether oxygens (including phenoxy) is 1.